The molecule has 0 fully saturated rings. The average Bonchev–Trinajstić information content (AvgIpc) is 2.36. The van der Waals surface area contributed by atoms with Gasteiger partial charge < -0.3 is 15.4 Å². The zero-order chi connectivity index (χ0) is 15.9. The molecule has 21 heavy (non-hydrogen) atoms. The summed E-state index contributed by atoms with van der Waals surface area (Å²) < 4.78 is 5.09. The molecule has 1 amide bonds. The predicted octanol–water partition coefficient (Wildman–Crippen LogP) is 2.21. The fourth-order valence-corrected chi connectivity index (χ4v) is 1.63. The van der Waals surface area contributed by atoms with Crippen molar-refractivity contribution < 1.29 is 14.5 Å². The van der Waals surface area contributed by atoms with Gasteiger partial charge in [-0.05, 0) is 20.8 Å². The van der Waals surface area contributed by atoms with E-state index in [1.807, 2.05) is 0 Å². The number of rotatable bonds is 6. The number of nitrogens with zero attached hydrogens (tertiary/aromatic N) is 1. The minimum Gasteiger partial charge on any atom is -0.444 e. The van der Waals surface area contributed by atoms with Crippen LogP contribution < -0.4 is 10.6 Å². The van der Waals surface area contributed by atoms with Gasteiger partial charge in [0.15, 0.2) is 0 Å². The Morgan fingerprint density at radius 3 is 2.57 bits per heavy atom. The van der Waals surface area contributed by atoms with Gasteiger partial charge in [-0.25, -0.2) is 4.79 Å². The molecule has 0 atom stereocenters. The molecule has 0 aliphatic carbocycles. The van der Waals surface area contributed by atoms with E-state index in [2.05, 4.69) is 10.6 Å². The number of hydrogen-bond donors (Lipinski definition) is 2. The summed E-state index contributed by atoms with van der Waals surface area (Å²) in [6.45, 7) is 6.62. The fraction of sp³-hybridized carbons (Fsp3) is 0.500. The highest BCUT2D eigenvalue weighted by Crippen LogP contribution is 2.16. The second-order valence-corrected chi connectivity index (χ2v) is 5.49. The number of benzene rings is 1. The Balaban J connectivity index is 2.29. The number of carbonyl (C=O) groups is 1. The van der Waals surface area contributed by atoms with Crippen LogP contribution in [-0.4, -0.2) is 29.7 Å². The molecule has 1 aromatic rings. The van der Waals surface area contributed by atoms with Crippen LogP contribution in [-0.2, 0) is 11.3 Å². The maximum Gasteiger partial charge on any atom is 0.407 e. The van der Waals surface area contributed by atoms with E-state index in [9.17, 15) is 14.9 Å². The zero-order valence-corrected chi connectivity index (χ0v) is 12.5. The quantitative estimate of drug-likeness (QED) is 0.477. The molecule has 0 bridgehead atoms. The number of para-hydroxylation sites is 1. The van der Waals surface area contributed by atoms with Crippen molar-refractivity contribution >= 4 is 11.8 Å². The van der Waals surface area contributed by atoms with Crippen molar-refractivity contribution in [2.45, 2.75) is 32.9 Å². The number of nitrogens with one attached hydrogen (secondary N) is 2. The largest absolute Gasteiger partial charge is 0.444 e. The van der Waals surface area contributed by atoms with E-state index in [1.54, 1.807) is 39.0 Å². The summed E-state index contributed by atoms with van der Waals surface area (Å²) in [4.78, 5) is 21.8. The van der Waals surface area contributed by atoms with Crippen molar-refractivity contribution in [1.82, 2.24) is 10.6 Å². The predicted molar refractivity (Wildman–Crippen MR) is 79.0 cm³/mol. The van der Waals surface area contributed by atoms with Crippen LogP contribution in [0.5, 0.6) is 0 Å². The van der Waals surface area contributed by atoms with Crippen molar-refractivity contribution in [2.24, 2.45) is 0 Å². The third kappa shape index (κ3) is 6.71. The molecule has 1 rings (SSSR count). The molecule has 116 valence electrons. The summed E-state index contributed by atoms with van der Waals surface area (Å²) in [6.07, 6.45) is -0.477. The van der Waals surface area contributed by atoms with Crippen LogP contribution in [0.4, 0.5) is 10.5 Å². The van der Waals surface area contributed by atoms with E-state index in [1.165, 1.54) is 6.07 Å². The minimum atomic E-state index is -0.526. The van der Waals surface area contributed by atoms with E-state index in [-0.39, 0.29) is 5.69 Å². The SMILES string of the molecule is CC(C)(C)OC(=O)NCCNCc1ccccc1[N+](=O)[O-]. The molecule has 2 N–H and O–H groups in total. The lowest BCUT2D eigenvalue weighted by molar-refractivity contribution is -0.385. The van der Waals surface area contributed by atoms with Gasteiger partial charge in [-0.2, -0.15) is 0 Å². The Morgan fingerprint density at radius 1 is 1.29 bits per heavy atom. The zero-order valence-electron chi connectivity index (χ0n) is 12.5. The minimum absolute atomic E-state index is 0.0881. The van der Waals surface area contributed by atoms with Crippen LogP contribution in [0.25, 0.3) is 0 Å². The molecule has 0 saturated heterocycles. The van der Waals surface area contributed by atoms with Crippen LogP contribution in [0.1, 0.15) is 26.3 Å². The monoisotopic (exact) mass is 295 g/mol. The van der Waals surface area contributed by atoms with E-state index in [0.29, 0.717) is 25.2 Å². The topological polar surface area (TPSA) is 93.5 Å². The summed E-state index contributed by atoms with van der Waals surface area (Å²) in [5.41, 5.74) is 0.173. The third-order valence-corrected chi connectivity index (χ3v) is 2.47. The summed E-state index contributed by atoms with van der Waals surface area (Å²) in [7, 11) is 0. The van der Waals surface area contributed by atoms with Crippen molar-refractivity contribution in [2.75, 3.05) is 13.1 Å². The molecule has 1 aromatic carbocycles. The lowest BCUT2D eigenvalue weighted by Crippen LogP contribution is -2.36. The Kier molecular flexibility index (Phi) is 6.10. The van der Waals surface area contributed by atoms with Gasteiger partial charge in [-0.3, -0.25) is 10.1 Å². The van der Waals surface area contributed by atoms with Gasteiger partial charge in [0.25, 0.3) is 5.69 Å². The van der Waals surface area contributed by atoms with Crippen molar-refractivity contribution in [1.29, 1.82) is 0 Å². The van der Waals surface area contributed by atoms with E-state index >= 15 is 0 Å². The number of nitro benzene ring substituents is 1. The first-order chi connectivity index (χ1) is 9.79. The number of ether oxygens (including phenoxy) is 1. The smallest absolute Gasteiger partial charge is 0.407 e. The van der Waals surface area contributed by atoms with Crippen LogP contribution in [0.2, 0.25) is 0 Å². The molecule has 0 spiro atoms. The third-order valence-electron chi connectivity index (χ3n) is 2.47. The second kappa shape index (κ2) is 7.58. The molecule has 0 saturated carbocycles. The van der Waals surface area contributed by atoms with Crippen molar-refractivity contribution in [3.8, 4) is 0 Å². The first-order valence-electron chi connectivity index (χ1n) is 6.69. The maximum absolute atomic E-state index is 11.4. The highest BCUT2D eigenvalue weighted by Gasteiger charge is 2.15. The molecular formula is C14H21N3O4. The first-order valence-corrected chi connectivity index (χ1v) is 6.69. The fourth-order valence-electron chi connectivity index (χ4n) is 1.63. The Morgan fingerprint density at radius 2 is 1.95 bits per heavy atom. The van der Waals surface area contributed by atoms with Gasteiger partial charge in [0, 0.05) is 31.3 Å². The molecule has 0 radical (unpaired) electrons. The van der Waals surface area contributed by atoms with E-state index < -0.39 is 16.6 Å². The molecule has 0 aromatic heterocycles. The van der Waals surface area contributed by atoms with Gasteiger partial charge in [0.2, 0.25) is 0 Å². The van der Waals surface area contributed by atoms with Gasteiger partial charge in [0.1, 0.15) is 5.60 Å². The Hall–Kier alpha value is -2.15. The lowest BCUT2D eigenvalue weighted by Gasteiger charge is -2.19. The van der Waals surface area contributed by atoms with E-state index in [0.717, 1.165) is 0 Å². The number of amides is 1. The van der Waals surface area contributed by atoms with Crippen molar-refractivity contribution in [3.63, 3.8) is 0 Å². The molecular weight excluding hydrogens is 274 g/mol. The number of carbonyl (C=O) groups excluding carboxylic acids is 1. The van der Waals surface area contributed by atoms with Gasteiger partial charge >= 0.3 is 6.09 Å². The number of hydrogen-bond acceptors (Lipinski definition) is 5. The van der Waals surface area contributed by atoms with Crippen molar-refractivity contribution in [3.05, 3.63) is 39.9 Å². The lowest BCUT2D eigenvalue weighted by atomic mass is 10.2. The summed E-state index contributed by atoms with van der Waals surface area (Å²) in [5.74, 6) is 0. The number of nitro groups is 1. The van der Waals surface area contributed by atoms with Gasteiger partial charge in [0.05, 0.1) is 4.92 Å². The molecule has 0 heterocycles. The number of alkyl carbamates (subject to hydrolysis) is 1. The molecule has 0 aliphatic heterocycles. The average molecular weight is 295 g/mol. The van der Waals surface area contributed by atoms with Crippen LogP contribution in [0, 0.1) is 10.1 Å². The van der Waals surface area contributed by atoms with Crippen LogP contribution in [0.3, 0.4) is 0 Å². The first kappa shape index (κ1) is 16.9. The highest BCUT2D eigenvalue weighted by molar-refractivity contribution is 5.67. The molecule has 0 unspecified atom stereocenters. The molecule has 7 heteroatoms. The summed E-state index contributed by atoms with van der Waals surface area (Å²) in [6, 6.07) is 6.55. The van der Waals surface area contributed by atoms with E-state index in [4.69, 9.17) is 4.74 Å². The van der Waals surface area contributed by atoms with Gasteiger partial charge in [-0.15, -0.1) is 0 Å². The molecule has 7 nitrogen and oxygen atoms in total. The van der Waals surface area contributed by atoms with Gasteiger partial charge in [-0.1, -0.05) is 18.2 Å². The normalized spacial score (nSPS) is 11.0. The second-order valence-electron chi connectivity index (χ2n) is 5.49. The Bertz CT molecular complexity index is 497. The summed E-state index contributed by atoms with van der Waals surface area (Å²) in [5, 5.41) is 16.5. The van der Waals surface area contributed by atoms with Crippen LogP contribution in [0.15, 0.2) is 24.3 Å². The standard InChI is InChI=1S/C14H21N3O4/c1-14(2,3)21-13(18)16-9-8-15-10-11-6-4-5-7-12(11)17(19)20/h4-7,15H,8-10H2,1-3H3,(H,16,18). The maximum atomic E-state index is 11.4. The molecule has 0 aliphatic rings. The Labute approximate surface area is 123 Å². The summed E-state index contributed by atoms with van der Waals surface area (Å²) >= 11 is 0. The highest BCUT2D eigenvalue weighted by atomic mass is 16.6. The van der Waals surface area contributed by atoms with Crippen LogP contribution >= 0.6 is 0 Å².